The number of benzene rings is 1. The molecule has 1 N–H and O–H groups in total. The summed E-state index contributed by atoms with van der Waals surface area (Å²) in [6, 6.07) is 6.63. The van der Waals surface area contributed by atoms with Gasteiger partial charge in [-0.05, 0) is 17.7 Å². The lowest BCUT2D eigenvalue weighted by Gasteiger charge is -1.93. The van der Waals surface area contributed by atoms with Gasteiger partial charge in [0.05, 0.1) is 7.95 Å². The molecule has 0 radical (unpaired) electrons. The van der Waals surface area contributed by atoms with E-state index in [0.29, 0.717) is 10.6 Å². The molecule has 0 aromatic heterocycles. The van der Waals surface area contributed by atoms with E-state index in [-0.39, 0.29) is 0 Å². The molecule has 0 aliphatic rings. The van der Waals surface area contributed by atoms with Crippen LogP contribution in [0.3, 0.4) is 0 Å². The molecule has 1 aromatic rings. The van der Waals surface area contributed by atoms with Gasteiger partial charge in [0.1, 0.15) is 0 Å². The molecular weight excluding hydrogens is 136 g/mol. The topological polar surface area (TPSA) is 20.2 Å². The Morgan fingerprint density at radius 2 is 2.44 bits per heavy atom. The smallest absolute Gasteiger partial charge is 0.0682 e. The minimum atomic E-state index is -1.18. The Balaban J connectivity index is 2.96. The lowest BCUT2D eigenvalue weighted by Crippen LogP contribution is -1.79. The number of aliphatic hydroxyl groups is 1. The summed E-state index contributed by atoms with van der Waals surface area (Å²) in [5, 5.41) is 9.30. The van der Waals surface area contributed by atoms with Crippen LogP contribution in [0.2, 0.25) is 5.02 Å². The van der Waals surface area contributed by atoms with Gasteiger partial charge in [0.15, 0.2) is 0 Å². The molecule has 0 saturated heterocycles. The molecule has 1 nitrogen and oxygen atoms in total. The summed E-state index contributed by atoms with van der Waals surface area (Å²) in [6.07, 6.45) is 0. The Morgan fingerprint density at radius 1 is 1.67 bits per heavy atom. The third-order valence-electron chi connectivity index (χ3n) is 0.998. The predicted molar refractivity (Wildman–Crippen MR) is 37.4 cm³/mol. The average Bonchev–Trinajstić information content (AvgIpc) is 1.88. The number of hydrogen-bond donors (Lipinski definition) is 1. The van der Waals surface area contributed by atoms with E-state index in [1.165, 1.54) is 0 Å². The Labute approximate surface area is 60.3 Å². The van der Waals surface area contributed by atoms with Crippen LogP contribution < -0.4 is 0 Å². The fourth-order valence-electron chi connectivity index (χ4n) is 0.587. The fourth-order valence-corrected chi connectivity index (χ4v) is 0.786. The second kappa shape index (κ2) is 2.85. The van der Waals surface area contributed by atoms with Gasteiger partial charge in [-0.15, -0.1) is 0 Å². The molecule has 0 bridgehead atoms. The first kappa shape index (κ1) is 5.27. The molecule has 0 aliphatic heterocycles. The van der Waals surface area contributed by atoms with E-state index in [1.54, 1.807) is 24.3 Å². The zero-order valence-corrected chi connectivity index (χ0v) is 5.47. The van der Waals surface area contributed by atoms with Crippen molar-refractivity contribution in [3.8, 4) is 0 Å². The van der Waals surface area contributed by atoms with Crippen LogP contribution in [-0.4, -0.2) is 5.11 Å². The summed E-state index contributed by atoms with van der Waals surface area (Å²) in [6.45, 7) is -1.18. The molecule has 1 unspecified atom stereocenters. The summed E-state index contributed by atoms with van der Waals surface area (Å²) in [5.74, 6) is 0. The summed E-state index contributed by atoms with van der Waals surface area (Å²) < 4.78 is 6.91. The lowest BCUT2D eigenvalue weighted by atomic mass is 10.2. The van der Waals surface area contributed by atoms with Crippen LogP contribution in [0.15, 0.2) is 24.3 Å². The summed E-state index contributed by atoms with van der Waals surface area (Å²) >= 11 is 5.59. The van der Waals surface area contributed by atoms with Crippen molar-refractivity contribution in [2.75, 3.05) is 0 Å². The number of rotatable bonds is 1. The van der Waals surface area contributed by atoms with Gasteiger partial charge in [-0.3, -0.25) is 0 Å². The van der Waals surface area contributed by atoms with Crippen LogP contribution in [-0.2, 0) is 6.58 Å². The second-order valence-electron chi connectivity index (χ2n) is 1.68. The number of hydrogen-bond acceptors (Lipinski definition) is 1. The van der Waals surface area contributed by atoms with E-state index in [1.807, 2.05) is 0 Å². The van der Waals surface area contributed by atoms with Crippen molar-refractivity contribution in [3.63, 3.8) is 0 Å². The maximum atomic E-state index is 8.76. The normalized spacial score (nSPS) is 14.7. The third kappa shape index (κ3) is 1.70. The van der Waals surface area contributed by atoms with Crippen molar-refractivity contribution >= 4 is 11.6 Å². The van der Waals surface area contributed by atoms with Gasteiger partial charge in [0.2, 0.25) is 0 Å². The maximum absolute atomic E-state index is 8.76. The van der Waals surface area contributed by atoms with Crippen LogP contribution in [0, 0.1) is 0 Å². The van der Waals surface area contributed by atoms with Gasteiger partial charge in [-0.1, -0.05) is 23.7 Å². The van der Waals surface area contributed by atoms with E-state index in [0.717, 1.165) is 0 Å². The Bertz CT molecular complexity index is 225. The van der Waals surface area contributed by atoms with Gasteiger partial charge >= 0.3 is 0 Å². The van der Waals surface area contributed by atoms with Crippen LogP contribution in [0.4, 0.5) is 0 Å². The maximum Gasteiger partial charge on any atom is 0.0682 e. The van der Waals surface area contributed by atoms with Crippen molar-refractivity contribution in [3.05, 3.63) is 34.9 Å². The highest BCUT2D eigenvalue weighted by Crippen LogP contribution is 2.09. The quantitative estimate of drug-likeness (QED) is 0.636. The van der Waals surface area contributed by atoms with Crippen molar-refractivity contribution in [2.24, 2.45) is 0 Å². The standard InChI is InChI=1S/C7H7ClO/c8-7-3-1-2-6(4-7)5-9/h1-4,9H,5H2/i5D. The van der Waals surface area contributed by atoms with Crippen molar-refractivity contribution < 1.29 is 6.48 Å². The highest BCUT2D eigenvalue weighted by molar-refractivity contribution is 6.30. The zero-order valence-electron chi connectivity index (χ0n) is 5.71. The Kier molecular flexibility index (Phi) is 1.67. The van der Waals surface area contributed by atoms with E-state index >= 15 is 0 Å². The molecule has 0 heterocycles. The molecular formula is C7H7ClO. The predicted octanol–water partition coefficient (Wildman–Crippen LogP) is 1.83. The minimum absolute atomic E-state index is 0.521. The summed E-state index contributed by atoms with van der Waals surface area (Å²) in [4.78, 5) is 0. The lowest BCUT2D eigenvalue weighted by molar-refractivity contribution is 0.282. The molecule has 2 heteroatoms. The summed E-state index contributed by atoms with van der Waals surface area (Å²) in [7, 11) is 0. The van der Waals surface area contributed by atoms with Gasteiger partial charge in [0, 0.05) is 5.02 Å². The Hall–Kier alpha value is -0.530. The first-order valence-electron chi connectivity index (χ1n) is 3.13. The van der Waals surface area contributed by atoms with Gasteiger partial charge in [0.25, 0.3) is 0 Å². The average molecular weight is 144 g/mol. The van der Waals surface area contributed by atoms with Crippen LogP contribution in [0.25, 0.3) is 0 Å². The molecule has 0 saturated carbocycles. The molecule has 1 rings (SSSR count). The van der Waals surface area contributed by atoms with Gasteiger partial charge in [-0.2, -0.15) is 0 Å². The molecule has 0 fully saturated rings. The highest BCUT2D eigenvalue weighted by Gasteiger charge is 1.88. The highest BCUT2D eigenvalue weighted by atomic mass is 35.5. The number of halogens is 1. The second-order valence-corrected chi connectivity index (χ2v) is 2.12. The van der Waals surface area contributed by atoms with Crippen LogP contribution in [0.5, 0.6) is 0 Å². The van der Waals surface area contributed by atoms with Crippen LogP contribution in [0.1, 0.15) is 6.93 Å². The van der Waals surface area contributed by atoms with E-state index in [9.17, 15) is 0 Å². The number of aliphatic hydroxyl groups excluding tert-OH is 1. The molecule has 1 atom stereocenters. The third-order valence-corrected chi connectivity index (χ3v) is 1.23. The van der Waals surface area contributed by atoms with Gasteiger partial charge < -0.3 is 5.11 Å². The SMILES string of the molecule is [2H]C(O)c1cccc(Cl)c1. The molecule has 1 aromatic carbocycles. The first-order chi connectivity index (χ1) is 4.70. The molecule has 0 amide bonds. The van der Waals surface area contributed by atoms with Crippen LogP contribution >= 0.6 is 11.6 Å². The van der Waals surface area contributed by atoms with E-state index in [2.05, 4.69) is 0 Å². The Morgan fingerprint density at radius 3 is 2.89 bits per heavy atom. The van der Waals surface area contributed by atoms with E-state index in [4.69, 9.17) is 18.1 Å². The molecule has 9 heavy (non-hydrogen) atoms. The van der Waals surface area contributed by atoms with Crippen molar-refractivity contribution in [2.45, 2.75) is 6.58 Å². The molecule has 48 valence electrons. The zero-order chi connectivity index (χ0) is 7.56. The first-order valence-corrected chi connectivity index (χ1v) is 2.94. The fraction of sp³-hybridized carbons (Fsp3) is 0.143. The van der Waals surface area contributed by atoms with Crippen molar-refractivity contribution in [1.82, 2.24) is 0 Å². The summed E-state index contributed by atoms with van der Waals surface area (Å²) in [5.41, 5.74) is 0.521. The monoisotopic (exact) mass is 143 g/mol. The molecule has 0 spiro atoms. The largest absolute Gasteiger partial charge is 0.392 e. The minimum Gasteiger partial charge on any atom is -0.392 e. The molecule has 0 aliphatic carbocycles. The van der Waals surface area contributed by atoms with E-state index < -0.39 is 6.58 Å². The van der Waals surface area contributed by atoms with Crippen molar-refractivity contribution in [1.29, 1.82) is 0 Å². The van der Waals surface area contributed by atoms with Gasteiger partial charge in [-0.25, -0.2) is 0 Å².